The molecular formula is C27H30FN5O3. The van der Waals surface area contributed by atoms with Crippen molar-refractivity contribution in [1.29, 1.82) is 0 Å². The Balaban J connectivity index is 1.71. The largest absolute Gasteiger partial charge is 0.366 e. The molecule has 1 fully saturated rings. The zero-order chi connectivity index (χ0) is 26.1. The summed E-state index contributed by atoms with van der Waals surface area (Å²) in [5.74, 6) is -2.02. The number of pyridine rings is 1. The number of benzene rings is 1. The highest BCUT2D eigenvalue weighted by atomic mass is 19.1. The lowest BCUT2D eigenvalue weighted by Gasteiger charge is -2.39. The van der Waals surface area contributed by atoms with Crippen LogP contribution in [0.3, 0.4) is 0 Å². The average Bonchev–Trinajstić information content (AvgIpc) is 3.10. The molecule has 2 amide bonds. The Morgan fingerprint density at radius 3 is 2.33 bits per heavy atom. The molecule has 0 atom stereocenters. The molecule has 0 aliphatic carbocycles. The first-order valence-corrected chi connectivity index (χ1v) is 11.9. The average molecular weight is 492 g/mol. The SMILES string of the molecule is Cc1cccc(N(C(=O)C(=O)c2c(C)c(C(N)=O)c(C)n2C)C2CCN(c3ccccn3)CC2)c1F. The third-order valence-corrected chi connectivity index (χ3v) is 7.04. The van der Waals surface area contributed by atoms with E-state index in [1.54, 1.807) is 46.1 Å². The zero-order valence-electron chi connectivity index (χ0n) is 20.9. The minimum atomic E-state index is -0.837. The normalized spacial score (nSPS) is 14.1. The Labute approximate surface area is 209 Å². The van der Waals surface area contributed by atoms with E-state index in [4.69, 9.17) is 5.73 Å². The number of ketones is 1. The van der Waals surface area contributed by atoms with Crippen LogP contribution in [0, 0.1) is 26.6 Å². The fraction of sp³-hybridized carbons (Fsp3) is 0.333. The summed E-state index contributed by atoms with van der Waals surface area (Å²) in [6, 6.07) is 10.1. The first kappa shape index (κ1) is 25.1. The number of nitrogens with zero attached hydrogens (tertiary/aromatic N) is 4. The standard InChI is InChI=1S/C27H30FN5O3/c1-16-8-7-9-20(23(16)28)33(19-11-14-32(15-12-19)21-10-5-6-13-30-21)27(36)25(34)24-17(2)22(26(29)35)18(3)31(24)4/h5-10,13,19H,11-12,14-15H2,1-4H3,(H2,29,35). The quantitative estimate of drug-likeness (QED) is 0.420. The van der Waals surface area contributed by atoms with Gasteiger partial charge in [0.2, 0.25) is 0 Å². The third kappa shape index (κ3) is 4.36. The summed E-state index contributed by atoms with van der Waals surface area (Å²) in [6.07, 6.45) is 2.78. The van der Waals surface area contributed by atoms with Crippen LogP contribution in [0.4, 0.5) is 15.9 Å². The number of primary amides is 1. The van der Waals surface area contributed by atoms with Crippen molar-refractivity contribution in [2.75, 3.05) is 22.9 Å². The monoisotopic (exact) mass is 491 g/mol. The highest BCUT2D eigenvalue weighted by Gasteiger charge is 2.37. The van der Waals surface area contributed by atoms with E-state index >= 15 is 4.39 Å². The fourth-order valence-electron chi connectivity index (χ4n) is 5.06. The molecule has 0 saturated carbocycles. The van der Waals surface area contributed by atoms with Crippen LogP contribution in [-0.2, 0) is 11.8 Å². The van der Waals surface area contributed by atoms with Crippen LogP contribution < -0.4 is 15.5 Å². The highest BCUT2D eigenvalue weighted by molar-refractivity contribution is 6.47. The summed E-state index contributed by atoms with van der Waals surface area (Å²) >= 11 is 0. The molecule has 3 heterocycles. The van der Waals surface area contributed by atoms with Crippen LogP contribution in [0.1, 0.15) is 50.5 Å². The number of carbonyl (C=O) groups is 3. The number of amides is 2. The van der Waals surface area contributed by atoms with Gasteiger partial charge in [-0.15, -0.1) is 0 Å². The predicted octanol–water partition coefficient (Wildman–Crippen LogP) is 3.47. The number of nitrogens with two attached hydrogens (primary N) is 1. The van der Waals surface area contributed by atoms with Gasteiger partial charge in [-0.25, -0.2) is 9.37 Å². The van der Waals surface area contributed by atoms with Crippen molar-refractivity contribution >= 4 is 29.1 Å². The molecule has 1 aliphatic heterocycles. The summed E-state index contributed by atoms with van der Waals surface area (Å²) in [6.45, 7) is 6.08. The molecule has 1 aliphatic rings. The third-order valence-electron chi connectivity index (χ3n) is 7.04. The number of hydrogen-bond donors (Lipinski definition) is 1. The van der Waals surface area contributed by atoms with E-state index in [0.29, 0.717) is 42.8 Å². The molecule has 0 spiro atoms. The van der Waals surface area contributed by atoms with E-state index < -0.39 is 29.5 Å². The van der Waals surface area contributed by atoms with Crippen LogP contribution in [-0.4, -0.2) is 46.3 Å². The predicted molar refractivity (Wildman–Crippen MR) is 136 cm³/mol. The molecule has 1 aromatic carbocycles. The van der Waals surface area contributed by atoms with Crippen LogP contribution in [0.2, 0.25) is 0 Å². The number of aromatic nitrogens is 2. The Bertz CT molecular complexity index is 1330. The van der Waals surface area contributed by atoms with Crippen molar-refractivity contribution in [2.45, 2.75) is 39.7 Å². The molecule has 0 bridgehead atoms. The van der Waals surface area contributed by atoms with Crippen molar-refractivity contribution in [1.82, 2.24) is 9.55 Å². The lowest BCUT2D eigenvalue weighted by molar-refractivity contribution is -0.115. The second-order valence-electron chi connectivity index (χ2n) is 9.18. The van der Waals surface area contributed by atoms with E-state index in [1.807, 2.05) is 18.2 Å². The van der Waals surface area contributed by atoms with Gasteiger partial charge in [0.1, 0.15) is 11.6 Å². The van der Waals surface area contributed by atoms with Crippen LogP contribution >= 0.6 is 0 Å². The minimum absolute atomic E-state index is 0.0725. The number of rotatable bonds is 6. The fourth-order valence-corrected chi connectivity index (χ4v) is 5.06. The Morgan fingerprint density at radius 2 is 1.75 bits per heavy atom. The Kier molecular flexibility index (Phi) is 6.92. The van der Waals surface area contributed by atoms with Gasteiger partial charge in [0, 0.05) is 38.1 Å². The van der Waals surface area contributed by atoms with Crippen LogP contribution in [0.15, 0.2) is 42.6 Å². The van der Waals surface area contributed by atoms with E-state index in [-0.39, 0.29) is 16.9 Å². The molecule has 4 rings (SSSR count). The molecule has 188 valence electrons. The van der Waals surface area contributed by atoms with E-state index in [0.717, 1.165) is 5.82 Å². The lowest BCUT2D eigenvalue weighted by atomic mass is 9.99. The van der Waals surface area contributed by atoms with Gasteiger partial charge in [-0.2, -0.15) is 0 Å². The van der Waals surface area contributed by atoms with Crippen molar-refractivity contribution in [3.05, 3.63) is 76.5 Å². The van der Waals surface area contributed by atoms with Gasteiger partial charge < -0.3 is 15.2 Å². The number of carbonyl (C=O) groups excluding carboxylic acids is 3. The highest BCUT2D eigenvalue weighted by Crippen LogP contribution is 2.31. The van der Waals surface area contributed by atoms with Gasteiger partial charge in [0.05, 0.1) is 16.9 Å². The first-order chi connectivity index (χ1) is 17.1. The van der Waals surface area contributed by atoms with Crippen LogP contribution in [0.25, 0.3) is 0 Å². The summed E-state index contributed by atoms with van der Waals surface area (Å²) < 4.78 is 16.8. The summed E-state index contributed by atoms with van der Waals surface area (Å²) in [7, 11) is 1.61. The summed E-state index contributed by atoms with van der Waals surface area (Å²) in [5, 5.41) is 0. The number of halogens is 1. The number of piperidine rings is 1. The summed E-state index contributed by atoms with van der Waals surface area (Å²) in [4.78, 5) is 47.2. The molecule has 8 nitrogen and oxygen atoms in total. The smallest absolute Gasteiger partial charge is 0.301 e. The molecule has 1 saturated heterocycles. The van der Waals surface area contributed by atoms with Crippen molar-refractivity contribution < 1.29 is 18.8 Å². The minimum Gasteiger partial charge on any atom is -0.366 e. The number of hydrogen-bond acceptors (Lipinski definition) is 5. The summed E-state index contributed by atoms with van der Waals surface area (Å²) in [5.41, 5.74) is 7.10. The van der Waals surface area contributed by atoms with E-state index in [9.17, 15) is 14.4 Å². The molecule has 0 radical (unpaired) electrons. The second kappa shape index (κ2) is 9.93. The van der Waals surface area contributed by atoms with Crippen molar-refractivity contribution in [3.63, 3.8) is 0 Å². The molecule has 2 N–H and O–H groups in total. The van der Waals surface area contributed by atoms with Gasteiger partial charge >= 0.3 is 5.91 Å². The number of anilines is 2. The van der Waals surface area contributed by atoms with Crippen LogP contribution in [0.5, 0.6) is 0 Å². The Hall–Kier alpha value is -4.01. The maximum absolute atomic E-state index is 15.3. The second-order valence-corrected chi connectivity index (χ2v) is 9.18. The van der Waals surface area contributed by atoms with Crippen molar-refractivity contribution in [3.8, 4) is 0 Å². The van der Waals surface area contributed by atoms with Crippen molar-refractivity contribution in [2.24, 2.45) is 12.8 Å². The molecular weight excluding hydrogens is 461 g/mol. The topological polar surface area (TPSA) is 102 Å². The van der Waals surface area contributed by atoms with Gasteiger partial charge in [-0.3, -0.25) is 19.3 Å². The zero-order valence-corrected chi connectivity index (χ0v) is 20.9. The number of aryl methyl sites for hydroxylation is 1. The molecule has 9 heteroatoms. The van der Waals surface area contributed by atoms with Gasteiger partial charge in [-0.05, 0) is 62.9 Å². The maximum Gasteiger partial charge on any atom is 0.301 e. The lowest BCUT2D eigenvalue weighted by Crippen LogP contribution is -2.50. The van der Waals surface area contributed by atoms with E-state index in [2.05, 4.69) is 9.88 Å². The Morgan fingerprint density at radius 1 is 1.06 bits per heavy atom. The molecule has 0 unspecified atom stereocenters. The number of Topliss-reactive ketones (excluding diaryl/α,β-unsaturated/α-hetero) is 1. The van der Waals surface area contributed by atoms with Gasteiger partial charge in [0.25, 0.3) is 11.7 Å². The first-order valence-electron chi connectivity index (χ1n) is 11.9. The van der Waals surface area contributed by atoms with Gasteiger partial charge in [0.15, 0.2) is 0 Å². The molecule has 36 heavy (non-hydrogen) atoms. The van der Waals surface area contributed by atoms with Gasteiger partial charge in [-0.1, -0.05) is 18.2 Å². The van der Waals surface area contributed by atoms with E-state index in [1.165, 1.54) is 15.5 Å². The molecule has 3 aromatic rings. The molecule has 2 aromatic heterocycles. The maximum atomic E-state index is 15.3.